The summed E-state index contributed by atoms with van der Waals surface area (Å²) in [5, 5.41) is 0.390. The van der Waals surface area contributed by atoms with Crippen LogP contribution >= 0.6 is 0 Å². The van der Waals surface area contributed by atoms with Gasteiger partial charge in [0.15, 0.2) is 34.5 Å². The molecule has 14 nitrogen and oxygen atoms in total. The number of benzene rings is 2. The number of ether oxygens (including phenoxy) is 6. The maximum absolute atomic E-state index is 12.6. The Morgan fingerprint density at radius 1 is 0.611 bits per heavy atom. The van der Waals surface area contributed by atoms with E-state index in [-0.39, 0.29) is 92.4 Å². The van der Waals surface area contributed by atoms with Crippen LogP contribution in [0.15, 0.2) is 71.2 Å². The number of pyridine rings is 2. The predicted octanol–water partition coefficient (Wildman–Crippen LogP) is 4.47. The Labute approximate surface area is 356 Å². The fraction of sp³-hybridized carbons (Fsp3) is 0.250. The first kappa shape index (κ1) is 45.2. The minimum absolute atomic E-state index is 0. The van der Waals surface area contributed by atoms with Crippen LogP contribution in [0.5, 0.6) is 34.5 Å². The number of methoxy groups -OCH3 is 4. The first-order valence-corrected chi connectivity index (χ1v) is 17.4. The van der Waals surface area contributed by atoms with Gasteiger partial charge in [0, 0.05) is 59.0 Å². The molecule has 0 aliphatic rings. The van der Waals surface area contributed by atoms with Crippen molar-refractivity contribution in [1.29, 1.82) is 0 Å². The van der Waals surface area contributed by atoms with Gasteiger partial charge in [0.25, 0.3) is 0 Å². The number of aromatic nitrogens is 6. The van der Waals surface area contributed by atoms with Crippen molar-refractivity contribution in [2.75, 3.05) is 28.4 Å². The number of hydrogen-bond donors (Lipinski definition) is 2. The van der Waals surface area contributed by atoms with Crippen LogP contribution in [0.4, 0.5) is 17.6 Å². The number of nitrogens with one attached hydrogen (secondary N) is 2. The Bertz CT molecular complexity index is 1970. The molecule has 4 aromatic heterocycles. The third-order valence-electron chi connectivity index (χ3n) is 7.02. The molecule has 0 bridgehead atoms. The summed E-state index contributed by atoms with van der Waals surface area (Å²) in [7, 11) is 5.93. The predicted molar refractivity (Wildman–Crippen MR) is 195 cm³/mol. The molecule has 4 heterocycles. The summed E-state index contributed by atoms with van der Waals surface area (Å²) < 4.78 is 104. The van der Waals surface area contributed by atoms with Gasteiger partial charge in [-0.05, 0) is 24.3 Å². The van der Waals surface area contributed by atoms with Crippen molar-refractivity contribution in [2.24, 2.45) is 0 Å². The Balaban J connectivity index is 0.000000280. The van der Waals surface area contributed by atoms with Gasteiger partial charge >= 0.3 is 82.7 Å². The quantitative estimate of drug-likeness (QED) is 0.0895. The van der Waals surface area contributed by atoms with Crippen molar-refractivity contribution in [3.8, 4) is 34.5 Å². The summed E-state index contributed by atoms with van der Waals surface area (Å²) in [6.45, 7) is -5.85. The fourth-order valence-electron chi connectivity index (χ4n) is 4.78. The van der Waals surface area contributed by atoms with Crippen molar-refractivity contribution in [2.45, 2.75) is 35.0 Å². The van der Waals surface area contributed by atoms with Crippen LogP contribution in [0.2, 0.25) is 0 Å². The third-order valence-corrected chi connectivity index (χ3v) is 9.34. The molecule has 0 saturated carbocycles. The zero-order valence-corrected chi connectivity index (χ0v) is 29.4. The number of aromatic amines is 2. The van der Waals surface area contributed by atoms with Gasteiger partial charge in [0.2, 0.25) is 0 Å². The molecule has 2 N–H and O–H groups in total. The molecule has 2 atom stereocenters. The molecule has 54 heavy (non-hydrogen) atoms. The molecule has 0 aliphatic heterocycles. The molecular weight excluding hydrogens is 782 g/mol. The Hall–Kier alpha value is -3.18. The van der Waals surface area contributed by atoms with E-state index >= 15 is 0 Å². The van der Waals surface area contributed by atoms with Gasteiger partial charge in [-0.2, -0.15) is 27.5 Å². The molecule has 0 radical (unpaired) electrons. The second kappa shape index (κ2) is 21.2. The summed E-state index contributed by atoms with van der Waals surface area (Å²) >= 11 is -3.12. The van der Waals surface area contributed by atoms with Gasteiger partial charge < -0.3 is 37.5 Å². The SMILES string of the molecule is COc1ccnc(C[S+]([O-])c2nc3cc(OC(F)F)ccc3[nH]2)c1OC.COc1ccnc(C[S+]([O-])c2nc3cc(OC(F)F)ccc3[nH]2)c1OC.[NaH].[NaH]. The number of fused-ring (bicyclic) bond motifs is 2. The number of hydrogen-bond acceptors (Lipinski definition) is 12. The van der Waals surface area contributed by atoms with Crippen LogP contribution in [-0.4, -0.2) is 140 Å². The molecule has 0 fully saturated rings. The fourth-order valence-corrected chi connectivity index (χ4v) is 6.81. The van der Waals surface area contributed by atoms with Gasteiger partial charge in [0.05, 0.1) is 50.5 Å². The molecule has 0 amide bonds. The van der Waals surface area contributed by atoms with E-state index in [2.05, 4.69) is 39.4 Å². The van der Waals surface area contributed by atoms with Crippen molar-refractivity contribution >= 4 is 104 Å². The molecule has 2 unspecified atom stereocenters. The van der Waals surface area contributed by atoms with Crippen LogP contribution in [0.1, 0.15) is 11.4 Å². The average molecular weight is 815 g/mol. The van der Waals surface area contributed by atoms with Gasteiger partial charge in [-0.3, -0.25) is 19.9 Å². The van der Waals surface area contributed by atoms with Crippen LogP contribution in [0, 0.1) is 0 Å². The second-order valence-corrected chi connectivity index (χ2v) is 12.9. The third kappa shape index (κ3) is 11.4. The molecule has 2 aromatic carbocycles. The van der Waals surface area contributed by atoms with E-state index in [1.54, 1.807) is 12.1 Å². The van der Waals surface area contributed by atoms with Crippen molar-refractivity contribution in [3.63, 3.8) is 0 Å². The molecule has 6 rings (SSSR count). The van der Waals surface area contributed by atoms with Gasteiger partial charge in [-0.1, -0.05) is 0 Å². The Morgan fingerprint density at radius 3 is 1.33 bits per heavy atom. The number of nitrogens with zero attached hydrogens (tertiary/aromatic N) is 4. The normalized spacial score (nSPS) is 11.9. The summed E-state index contributed by atoms with van der Waals surface area (Å²) in [5.74, 6) is 1.79. The van der Waals surface area contributed by atoms with E-state index in [1.807, 2.05) is 0 Å². The first-order chi connectivity index (χ1) is 25.0. The first-order valence-electron chi connectivity index (χ1n) is 14.8. The number of rotatable bonds is 14. The monoisotopic (exact) mass is 814 g/mol. The molecular formula is C32H32F4N6Na2O8S2. The number of alkyl halides is 4. The van der Waals surface area contributed by atoms with E-state index in [9.17, 15) is 26.7 Å². The number of imidazole rings is 2. The van der Waals surface area contributed by atoms with E-state index in [0.717, 1.165) is 0 Å². The van der Waals surface area contributed by atoms with Gasteiger partial charge in [-0.25, -0.2) is 0 Å². The number of H-pyrrole nitrogens is 2. The van der Waals surface area contributed by atoms with Crippen molar-refractivity contribution < 1.29 is 55.1 Å². The maximum atomic E-state index is 12.6. The van der Waals surface area contributed by atoms with E-state index in [0.29, 0.717) is 56.5 Å². The average Bonchev–Trinajstić information content (AvgIpc) is 3.75. The molecule has 280 valence electrons. The van der Waals surface area contributed by atoms with Crippen LogP contribution in [-0.2, 0) is 33.9 Å². The van der Waals surface area contributed by atoms with Crippen molar-refractivity contribution in [3.05, 3.63) is 72.3 Å². The second-order valence-electron chi connectivity index (χ2n) is 10.2. The molecule has 0 spiro atoms. The Morgan fingerprint density at radius 2 is 1.00 bits per heavy atom. The summed E-state index contributed by atoms with van der Waals surface area (Å²) in [4.78, 5) is 22.6. The molecule has 0 aliphatic carbocycles. The Kier molecular flexibility index (Phi) is 17.8. The van der Waals surface area contributed by atoms with E-state index in [1.165, 1.54) is 77.2 Å². The zero-order valence-electron chi connectivity index (χ0n) is 27.7. The summed E-state index contributed by atoms with van der Waals surface area (Å²) in [6.07, 6.45) is 3.06. The van der Waals surface area contributed by atoms with E-state index < -0.39 is 35.6 Å². The summed E-state index contributed by atoms with van der Waals surface area (Å²) in [6, 6.07) is 11.8. The van der Waals surface area contributed by atoms with Gasteiger partial charge in [-0.15, -0.1) is 0 Å². The van der Waals surface area contributed by atoms with Crippen molar-refractivity contribution in [1.82, 2.24) is 29.9 Å². The van der Waals surface area contributed by atoms with E-state index in [4.69, 9.17) is 18.9 Å². The molecule has 22 heteroatoms. The zero-order chi connectivity index (χ0) is 37.4. The summed E-state index contributed by atoms with van der Waals surface area (Å²) in [5.41, 5.74) is 2.76. The van der Waals surface area contributed by atoms with Crippen LogP contribution in [0.25, 0.3) is 22.1 Å². The standard InChI is InChI=1S/2C16H15F2N3O4S.2Na.2H/c2*1-23-13-5-6-19-12(14(13)24-2)8-26(22)16-20-10-4-3-9(25-15(17)18)7-11(10)21-16;;;;/h2*3-7,15H,8H2,1-2H3,(H,20,21);;;;. The molecule has 0 saturated heterocycles. The van der Waals surface area contributed by atoms with Crippen LogP contribution < -0.4 is 28.4 Å². The van der Waals surface area contributed by atoms with Gasteiger partial charge in [0.1, 0.15) is 22.9 Å². The molecule has 6 aromatic rings. The topological polar surface area (TPSA) is 185 Å². The van der Waals surface area contributed by atoms with Crippen LogP contribution in [0.3, 0.4) is 0 Å². The minimum atomic E-state index is -2.92. The number of halogens is 4.